The molecule has 220 valence electrons. The third kappa shape index (κ3) is 9.35. The normalized spacial score (nSPS) is 14.6. The second-order valence-electron chi connectivity index (χ2n) is 8.05. The van der Waals surface area contributed by atoms with Crippen LogP contribution in [0.25, 0.3) is 5.83 Å². The van der Waals surface area contributed by atoms with Crippen LogP contribution in [0.15, 0.2) is 40.9 Å². The van der Waals surface area contributed by atoms with Crippen molar-refractivity contribution in [3.8, 4) is 0 Å². The number of amides is 1. The molecular formula is C23H15BrCl2F10N2O2. The van der Waals surface area contributed by atoms with E-state index in [1.165, 1.54) is 0 Å². The van der Waals surface area contributed by atoms with Crippen LogP contribution in [-0.2, 0) is 11.0 Å². The summed E-state index contributed by atoms with van der Waals surface area (Å²) in [7, 11) is 0. The topological polar surface area (TPSA) is 58.2 Å². The molecule has 2 atom stereocenters. The average Bonchev–Trinajstić information content (AvgIpc) is 2.82. The van der Waals surface area contributed by atoms with E-state index in [0.717, 1.165) is 12.1 Å². The summed E-state index contributed by atoms with van der Waals surface area (Å²) in [6, 6.07) is 1.10. The van der Waals surface area contributed by atoms with Crippen molar-refractivity contribution >= 4 is 57.2 Å². The van der Waals surface area contributed by atoms with Crippen molar-refractivity contribution in [1.82, 2.24) is 10.6 Å². The van der Waals surface area contributed by atoms with Crippen LogP contribution in [0.5, 0.6) is 0 Å². The van der Waals surface area contributed by atoms with Crippen LogP contribution in [0.2, 0.25) is 10.0 Å². The van der Waals surface area contributed by atoms with Crippen LogP contribution >= 0.6 is 39.1 Å². The highest BCUT2D eigenvalue weighted by atomic mass is 79.9. The Hall–Kier alpha value is -2.36. The highest BCUT2D eigenvalue weighted by molar-refractivity contribution is 9.10. The number of hydrogen-bond acceptors (Lipinski definition) is 3. The van der Waals surface area contributed by atoms with Gasteiger partial charge in [0.25, 0.3) is 5.91 Å². The van der Waals surface area contributed by atoms with Crippen LogP contribution in [0.3, 0.4) is 0 Å². The van der Waals surface area contributed by atoms with Gasteiger partial charge >= 0.3 is 18.5 Å². The quantitative estimate of drug-likeness (QED) is 0.160. The van der Waals surface area contributed by atoms with E-state index in [1.807, 2.05) is 0 Å². The van der Waals surface area contributed by atoms with Gasteiger partial charge in [-0.3, -0.25) is 4.79 Å². The molecule has 17 heteroatoms. The molecule has 2 aromatic rings. The molecule has 40 heavy (non-hydrogen) atoms. The van der Waals surface area contributed by atoms with Gasteiger partial charge in [-0.15, -0.1) is 0 Å². The first-order chi connectivity index (χ1) is 18.2. The monoisotopic (exact) mass is 690 g/mol. The maximum Gasteiger partial charge on any atom is 0.417 e. The summed E-state index contributed by atoms with van der Waals surface area (Å²) >= 11 is 14.6. The molecule has 0 spiro atoms. The number of hydrogen-bond donors (Lipinski definition) is 2. The molecule has 0 fully saturated rings. The van der Waals surface area contributed by atoms with Gasteiger partial charge in [-0.1, -0.05) is 29.3 Å². The summed E-state index contributed by atoms with van der Waals surface area (Å²) < 4.78 is 134. The zero-order valence-corrected chi connectivity index (χ0v) is 22.4. The van der Waals surface area contributed by atoms with Crippen LogP contribution in [0, 0.1) is 0 Å². The van der Waals surface area contributed by atoms with E-state index in [0.29, 0.717) is 12.1 Å². The Balaban J connectivity index is 2.45. The standard InChI is InChI=1S/C23H15BrCl2F10N2O2/c24-19-16(25)4-11(5-17(19)26)14(22(31,32)33)6-18(27)10-1-2-13(15(3-10)23(34,35)36)20(40)38-12(8-39)7-37-9-21(28,29)30/h1-6,8,12,14,37H,7,9H2,(H,38,40)/b18-6-. The molecule has 0 bridgehead atoms. The van der Waals surface area contributed by atoms with Crippen molar-refractivity contribution in [2.45, 2.75) is 30.5 Å². The maximum absolute atomic E-state index is 15.0. The third-order valence-corrected chi connectivity index (χ3v) is 6.95. The van der Waals surface area contributed by atoms with Gasteiger partial charge in [0.15, 0.2) is 0 Å². The lowest BCUT2D eigenvalue weighted by Crippen LogP contribution is -2.45. The number of carbonyl (C=O) groups is 2. The SMILES string of the molecule is O=CC(CNCC(F)(F)F)NC(=O)c1ccc(/C(F)=C/C(c2cc(Cl)c(Br)c(Cl)c2)C(F)(F)F)cc1C(F)(F)F. The Morgan fingerprint density at radius 2 is 1.55 bits per heavy atom. The van der Waals surface area contributed by atoms with E-state index >= 15 is 0 Å². The second-order valence-corrected chi connectivity index (χ2v) is 9.66. The maximum atomic E-state index is 15.0. The van der Waals surface area contributed by atoms with Crippen LogP contribution in [-0.4, -0.2) is 43.7 Å². The van der Waals surface area contributed by atoms with Crippen molar-refractivity contribution in [3.05, 3.63) is 73.2 Å². The minimum atomic E-state index is -5.33. The first-order valence-corrected chi connectivity index (χ1v) is 12.1. The number of rotatable bonds is 9. The lowest BCUT2D eigenvalue weighted by Gasteiger charge is -2.20. The summed E-state index contributed by atoms with van der Waals surface area (Å²) in [6.45, 7) is -2.34. The minimum Gasteiger partial charge on any atom is -0.341 e. The number of benzene rings is 2. The van der Waals surface area contributed by atoms with Crippen molar-refractivity contribution < 1.29 is 53.5 Å². The number of halogens is 13. The second kappa shape index (κ2) is 13.1. The Morgan fingerprint density at radius 3 is 2.02 bits per heavy atom. The largest absolute Gasteiger partial charge is 0.417 e. The minimum absolute atomic E-state index is 0.000130. The number of nitrogens with one attached hydrogen (secondary N) is 2. The fourth-order valence-electron chi connectivity index (χ4n) is 3.25. The first kappa shape index (κ1) is 33.8. The van der Waals surface area contributed by atoms with E-state index in [1.54, 1.807) is 10.6 Å². The Kier molecular flexibility index (Phi) is 11.1. The molecule has 0 heterocycles. The number of alkyl halides is 9. The Labute approximate surface area is 237 Å². The predicted molar refractivity (Wildman–Crippen MR) is 130 cm³/mol. The van der Waals surface area contributed by atoms with Gasteiger partial charge in [-0.05, 0) is 51.8 Å². The molecule has 0 saturated carbocycles. The number of aldehydes is 1. The van der Waals surface area contributed by atoms with Gasteiger partial charge in [0.2, 0.25) is 0 Å². The van der Waals surface area contributed by atoms with Crippen molar-refractivity contribution in [3.63, 3.8) is 0 Å². The molecule has 0 saturated heterocycles. The van der Waals surface area contributed by atoms with Crippen molar-refractivity contribution in [2.75, 3.05) is 13.1 Å². The summed E-state index contributed by atoms with van der Waals surface area (Å²) in [5.41, 5.74) is -4.54. The lowest BCUT2D eigenvalue weighted by molar-refractivity contribution is -0.140. The highest BCUT2D eigenvalue weighted by Crippen LogP contribution is 2.43. The van der Waals surface area contributed by atoms with Gasteiger partial charge in [0.05, 0.1) is 38.2 Å². The molecule has 1 amide bonds. The van der Waals surface area contributed by atoms with E-state index in [-0.39, 0.29) is 32.9 Å². The first-order valence-electron chi connectivity index (χ1n) is 10.6. The molecule has 0 aromatic heterocycles. The summed E-state index contributed by atoms with van der Waals surface area (Å²) in [5, 5.41) is 3.10. The molecule has 0 aliphatic carbocycles. The lowest BCUT2D eigenvalue weighted by atomic mass is 9.95. The van der Waals surface area contributed by atoms with E-state index in [4.69, 9.17) is 23.2 Å². The zero-order chi connectivity index (χ0) is 30.6. The zero-order valence-electron chi connectivity index (χ0n) is 19.3. The third-order valence-electron chi connectivity index (χ3n) is 5.05. The Morgan fingerprint density at radius 1 is 0.975 bits per heavy atom. The fourth-order valence-corrected chi connectivity index (χ4v) is 3.98. The highest BCUT2D eigenvalue weighted by Gasteiger charge is 2.41. The van der Waals surface area contributed by atoms with Crippen LogP contribution < -0.4 is 10.6 Å². The molecule has 0 aliphatic heterocycles. The van der Waals surface area contributed by atoms with Crippen LogP contribution in [0.1, 0.15) is 33.0 Å². The van der Waals surface area contributed by atoms with Crippen molar-refractivity contribution in [2.24, 2.45) is 0 Å². The molecule has 4 nitrogen and oxygen atoms in total. The summed E-state index contributed by atoms with van der Waals surface area (Å²) in [5.74, 6) is -5.98. The molecular weight excluding hydrogens is 677 g/mol. The van der Waals surface area contributed by atoms with Gasteiger partial charge in [0, 0.05) is 12.1 Å². The smallest absolute Gasteiger partial charge is 0.341 e. The summed E-state index contributed by atoms with van der Waals surface area (Å²) in [4.78, 5) is 23.5. The van der Waals surface area contributed by atoms with Crippen LogP contribution in [0.4, 0.5) is 43.9 Å². The number of carbonyl (C=O) groups excluding carboxylic acids is 2. The molecule has 2 unspecified atom stereocenters. The molecule has 2 rings (SSSR count). The van der Waals surface area contributed by atoms with E-state index in [9.17, 15) is 53.5 Å². The van der Waals surface area contributed by atoms with Crippen molar-refractivity contribution in [1.29, 1.82) is 0 Å². The molecule has 2 N–H and O–H groups in total. The average molecular weight is 692 g/mol. The van der Waals surface area contributed by atoms with Gasteiger partial charge in [-0.2, -0.15) is 39.5 Å². The van der Waals surface area contributed by atoms with Gasteiger partial charge < -0.3 is 15.4 Å². The molecule has 0 aliphatic rings. The molecule has 2 aromatic carbocycles. The van der Waals surface area contributed by atoms with E-state index in [2.05, 4.69) is 15.9 Å². The van der Waals surface area contributed by atoms with E-state index < -0.39 is 77.6 Å². The predicted octanol–water partition coefficient (Wildman–Crippen LogP) is 7.88. The fraction of sp³-hybridized carbons (Fsp3) is 0.304. The van der Waals surface area contributed by atoms with Gasteiger partial charge in [-0.25, -0.2) is 4.39 Å². The molecule has 0 radical (unpaired) electrons. The summed E-state index contributed by atoms with van der Waals surface area (Å²) in [6.07, 6.45) is -15.2. The van der Waals surface area contributed by atoms with Gasteiger partial charge in [0.1, 0.15) is 18.0 Å². The Bertz CT molecular complexity index is 1260. The number of allylic oxidation sites excluding steroid dienone is 1.